The highest BCUT2D eigenvalue weighted by Crippen LogP contribution is 2.22. The fourth-order valence-corrected chi connectivity index (χ4v) is 3.44. The molecule has 0 saturated carbocycles. The smallest absolute Gasteiger partial charge is 0.250 e. The van der Waals surface area contributed by atoms with Gasteiger partial charge in [0.1, 0.15) is 0 Å². The van der Waals surface area contributed by atoms with Crippen molar-refractivity contribution < 1.29 is 4.52 Å². The molecule has 2 N–H and O–H groups in total. The molecule has 31 heavy (non-hydrogen) atoms. The van der Waals surface area contributed by atoms with E-state index in [1.54, 1.807) is 29.9 Å². The Labute approximate surface area is 183 Å². The van der Waals surface area contributed by atoms with E-state index in [4.69, 9.17) is 4.52 Å². The van der Waals surface area contributed by atoms with Gasteiger partial charge in [-0.25, -0.2) is 0 Å². The van der Waals surface area contributed by atoms with Crippen molar-refractivity contribution in [2.75, 3.05) is 7.05 Å². The van der Waals surface area contributed by atoms with Crippen LogP contribution in [0.25, 0.3) is 0 Å². The summed E-state index contributed by atoms with van der Waals surface area (Å²) in [5, 5.41) is 10.8. The fraction of sp³-hybridized carbons (Fsp3) is 0.375. The van der Waals surface area contributed by atoms with Crippen LogP contribution in [0.15, 0.2) is 69.0 Å². The van der Waals surface area contributed by atoms with Gasteiger partial charge < -0.3 is 19.7 Å². The van der Waals surface area contributed by atoms with Gasteiger partial charge in [-0.1, -0.05) is 49.3 Å². The van der Waals surface area contributed by atoms with Gasteiger partial charge in [0, 0.05) is 37.8 Å². The van der Waals surface area contributed by atoms with Crippen LogP contribution in [0.2, 0.25) is 0 Å². The molecule has 0 aliphatic carbocycles. The molecule has 0 amide bonds. The molecule has 0 radical (unpaired) electrons. The number of nitrogens with zero attached hydrogens (tertiary/aromatic N) is 3. The van der Waals surface area contributed by atoms with Crippen LogP contribution in [0, 0.1) is 0 Å². The second kappa shape index (κ2) is 11.2. The highest BCUT2D eigenvalue weighted by molar-refractivity contribution is 5.79. The predicted octanol–water partition coefficient (Wildman–Crippen LogP) is 3.65. The molecule has 2 heterocycles. The number of aliphatic imine (C=N–C) groups is 1. The summed E-state index contributed by atoms with van der Waals surface area (Å²) in [5.74, 6) is 1.93. The summed E-state index contributed by atoms with van der Waals surface area (Å²) in [6.07, 6.45) is 3.91. The zero-order chi connectivity index (χ0) is 22.1. The molecule has 0 fully saturated rings. The summed E-state index contributed by atoms with van der Waals surface area (Å²) in [6.45, 7) is 6.06. The van der Waals surface area contributed by atoms with E-state index in [1.165, 1.54) is 0 Å². The Morgan fingerprint density at radius 1 is 1.06 bits per heavy atom. The van der Waals surface area contributed by atoms with Crippen molar-refractivity contribution in [1.29, 1.82) is 0 Å². The third-order valence-corrected chi connectivity index (χ3v) is 5.37. The summed E-state index contributed by atoms with van der Waals surface area (Å²) in [4.78, 5) is 16.1. The third-order valence-electron chi connectivity index (χ3n) is 5.37. The van der Waals surface area contributed by atoms with Crippen LogP contribution in [0.5, 0.6) is 0 Å². The quantitative estimate of drug-likeness (QED) is 0.407. The maximum Gasteiger partial charge on any atom is 0.250 e. The number of nitrogens with one attached hydrogen (secondary N) is 2. The Balaban J connectivity index is 1.49. The molecule has 2 aromatic heterocycles. The number of rotatable bonds is 9. The molecule has 7 heteroatoms. The molecule has 0 spiro atoms. The van der Waals surface area contributed by atoms with Crippen LogP contribution < -0.4 is 16.2 Å². The molecule has 0 atom stereocenters. The lowest BCUT2D eigenvalue weighted by Crippen LogP contribution is -2.36. The van der Waals surface area contributed by atoms with Gasteiger partial charge >= 0.3 is 0 Å². The molecule has 164 valence electrons. The molecule has 0 saturated heterocycles. The van der Waals surface area contributed by atoms with Crippen LogP contribution in [-0.2, 0) is 19.6 Å². The minimum absolute atomic E-state index is 0.00176. The van der Waals surface area contributed by atoms with E-state index < -0.39 is 0 Å². The lowest BCUT2D eigenvalue weighted by molar-refractivity contribution is 0.368. The van der Waals surface area contributed by atoms with Crippen LogP contribution in [0.1, 0.15) is 55.2 Å². The Morgan fingerprint density at radius 3 is 2.45 bits per heavy atom. The van der Waals surface area contributed by atoms with Crippen molar-refractivity contribution >= 4 is 5.96 Å². The van der Waals surface area contributed by atoms with Crippen LogP contribution in [-0.4, -0.2) is 22.7 Å². The number of hydrogen-bond acceptors (Lipinski definition) is 4. The van der Waals surface area contributed by atoms with E-state index in [1.807, 2.05) is 24.3 Å². The van der Waals surface area contributed by atoms with Crippen molar-refractivity contribution in [1.82, 2.24) is 20.4 Å². The van der Waals surface area contributed by atoms with Gasteiger partial charge in [0.25, 0.3) is 5.56 Å². The van der Waals surface area contributed by atoms with Gasteiger partial charge in [-0.2, -0.15) is 0 Å². The third kappa shape index (κ3) is 6.31. The molecule has 3 aromatic rings. The average Bonchev–Trinajstić information content (AvgIpc) is 3.26. The number of pyridine rings is 1. The standard InChI is InChI=1S/C24H31N5O2/c1-4-20(5-2)22-14-21(31-28-22)16-27-24(25-3)26-15-18-9-11-19(12-10-18)17-29-13-7-6-8-23(29)30/h6-14,20H,4-5,15-17H2,1-3H3,(H2,25,26,27). The van der Waals surface area contributed by atoms with Gasteiger partial charge in [0.2, 0.25) is 0 Å². The number of aromatic nitrogens is 2. The van der Waals surface area contributed by atoms with Gasteiger partial charge in [0.05, 0.1) is 18.8 Å². The first-order valence-corrected chi connectivity index (χ1v) is 10.8. The predicted molar refractivity (Wildman–Crippen MR) is 123 cm³/mol. The van der Waals surface area contributed by atoms with Gasteiger partial charge in [-0.05, 0) is 30.0 Å². The van der Waals surface area contributed by atoms with Gasteiger partial charge in [0.15, 0.2) is 11.7 Å². The molecule has 0 aliphatic rings. The van der Waals surface area contributed by atoms with Crippen molar-refractivity contribution in [2.24, 2.45) is 4.99 Å². The zero-order valence-electron chi connectivity index (χ0n) is 18.5. The lowest BCUT2D eigenvalue weighted by Gasteiger charge is -2.11. The SMILES string of the molecule is CCC(CC)c1cc(CNC(=NC)NCc2ccc(Cn3ccccc3=O)cc2)on1. The fourth-order valence-electron chi connectivity index (χ4n) is 3.44. The monoisotopic (exact) mass is 421 g/mol. The molecular weight excluding hydrogens is 390 g/mol. The normalized spacial score (nSPS) is 11.7. The molecule has 1 aromatic carbocycles. The summed E-state index contributed by atoms with van der Waals surface area (Å²) in [5.41, 5.74) is 3.23. The van der Waals surface area contributed by atoms with E-state index >= 15 is 0 Å². The minimum atomic E-state index is 0.00176. The highest BCUT2D eigenvalue weighted by Gasteiger charge is 2.13. The molecule has 7 nitrogen and oxygen atoms in total. The maximum absolute atomic E-state index is 11.9. The zero-order valence-corrected chi connectivity index (χ0v) is 18.5. The molecular formula is C24H31N5O2. The molecule has 0 unspecified atom stereocenters. The van der Waals surface area contributed by atoms with Gasteiger partial charge in [-0.3, -0.25) is 9.79 Å². The average molecular weight is 422 g/mol. The Kier molecular flexibility index (Phi) is 8.04. The summed E-state index contributed by atoms with van der Waals surface area (Å²) < 4.78 is 7.15. The van der Waals surface area contributed by atoms with Crippen molar-refractivity contribution in [2.45, 2.75) is 52.2 Å². The lowest BCUT2D eigenvalue weighted by atomic mass is 9.99. The second-order valence-electron chi connectivity index (χ2n) is 7.49. The number of hydrogen-bond donors (Lipinski definition) is 2. The summed E-state index contributed by atoms with van der Waals surface area (Å²) in [6, 6.07) is 15.4. The first-order chi connectivity index (χ1) is 15.1. The van der Waals surface area contributed by atoms with E-state index in [0.717, 1.165) is 35.4 Å². The van der Waals surface area contributed by atoms with Crippen molar-refractivity contribution in [3.8, 4) is 0 Å². The minimum Gasteiger partial charge on any atom is -0.359 e. The first-order valence-electron chi connectivity index (χ1n) is 10.8. The first kappa shape index (κ1) is 22.3. The van der Waals surface area contributed by atoms with E-state index in [0.29, 0.717) is 31.5 Å². The Bertz CT molecular complexity index is 1030. The largest absolute Gasteiger partial charge is 0.359 e. The topological polar surface area (TPSA) is 84.5 Å². The van der Waals surface area contributed by atoms with Crippen LogP contribution in [0.4, 0.5) is 0 Å². The van der Waals surface area contributed by atoms with E-state index in [9.17, 15) is 4.79 Å². The number of benzene rings is 1. The van der Waals surface area contributed by atoms with Gasteiger partial charge in [-0.15, -0.1) is 0 Å². The summed E-state index contributed by atoms with van der Waals surface area (Å²) in [7, 11) is 1.74. The highest BCUT2D eigenvalue weighted by atomic mass is 16.5. The van der Waals surface area contributed by atoms with Crippen molar-refractivity contribution in [3.05, 3.63) is 87.7 Å². The van der Waals surface area contributed by atoms with Crippen LogP contribution >= 0.6 is 0 Å². The molecule has 0 bridgehead atoms. The second-order valence-corrected chi connectivity index (χ2v) is 7.49. The summed E-state index contributed by atoms with van der Waals surface area (Å²) >= 11 is 0. The van der Waals surface area contributed by atoms with Crippen LogP contribution in [0.3, 0.4) is 0 Å². The molecule has 0 aliphatic heterocycles. The number of guanidine groups is 1. The maximum atomic E-state index is 11.9. The Hall–Kier alpha value is -3.35. The molecule has 3 rings (SSSR count). The van der Waals surface area contributed by atoms with E-state index in [-0.39, 0.29) is 5.56 Å². The van der Waals surface area contributed by atoms with E-state index in [2.05, 4.69) is 46.8 Å². The van der Waals surface area contributed by atoms with Crippen molar-refractivity contribution in [3.63, 3.8) is 0 Å². The Morgan fingerprint density at radius 2 is 1.77 bits per heavy atom.